The third-order valence-electron chi connectivity index (χ3n) is 9.12. The van der Waals surface area contributed by atoms with Crippen LogP contribution in [0.4, 0.5) is 0 Å². The predicted molar refractivity (Wildman–Crippen MR) is 175 cm³/mol. The van der Waals surface area contributed by atoms with Crippen molar-refractivity contribution in [2.75, 3.05) is 7.11 Å². The first-order valence-corrected chi connectivity index (χ1v) is 16.1. The minimum absolute atomic E-state index is 0.131. The molecular formula is C38H54O5. The van der Waals surface area contributed by atoms with Crippen molar-refractivity contribution in [1.29, 1.82) is 0 Å². The molecule has 1 aliphatic rings. The molecule has 5 nitrogen and oxygen atoms in total. The van der Waals surface area contributed by atoms with Gasteiger partial charge in [-0.2, -0.15) is 0 Å². The Hall–Kier alpha value is -3.08. The molecule has 0 aromatic heterocycles. The number of ketones is 1. The van der Waals surface area contributed by atoms with Gasteiger partial charge in [0.1, 0.15) is 29.6 Å². The Bertz CT molecular complexity index is 1260. The van der Waals surface area contributed by atoms with E-state index in [0.717, 1.165) is 58.1 Å². The second-order valence-electron chi connectivity index (χ2n) is 13.4. The van der Waals surface area contributed by atoms with E-state index in [4.69, 9.17) is 14.2 Å². The van der Waals surface area contributed by atoms with Gasteiger partial charge < -0.3 is 14.2 Å². The van der Waals surface area contributed by atoms with E-state index in [-0.39, 0.29) is 18.1 Å². The van der Waals surface area contributed by atoms with Gasteiger partial charge in [-0.3, -0.25) is 9.59 Å². The Morgan fingerprint density at radius 1 is 1.00 bits per heavy atom. The highest BCUT2D eigenvalue weighted by atomic mass is 16.5. The SMILES string of the molecule is COC(=O)C(C(=O)CC1(C)CCc2c(C)c(OCc3ccccc3)c(C)c(C)c2O1)C(C)C=CC[C@H](C)CCCC(C)C. The number of hydrogen-bond donors (Lipinski definition) is 0. The van der Waals surface area contributed by atoms with E-state index >= 15 is 0 Å². The maximum atomic E-state index is 13.7. The molecule has 0 spiro atoms. The molecule has 0 saturated heterocycles. The van der Waals surface area contributed by atoms with Crippen LogP contribution >= 0.6 is 0 Å². The van der Waals surface area contributed by atoms with Crippen LogP contribution in [-0.2, 0) is 27.4 Å². The predicted octanol–water partition coefficient (Wildman–Crippen LogP) is 9.07. The monoisotopic (exact) mass is 590 g/mol. The lowest BCUT2D eigenvalue weighted by atomic mass is 9.80. The lowest BCUT2D eigenvalue weighted by Crippen LogP contribution is -2.42. The van der Waals surface area contributed by atoms with Crippen molar-refractivity contribution in [2.45, 2.75) is 113 Å². The number of methoxy groups -OCH3 is 1. The lowest BCUT2D eigenvalue weighted by molar-refractivity contribution is -0.151. The summed E-state index contributed by atoms with van der Waals surface area (Å²) >= 11 is 0. The number of allylic oxidation sites excluding steroid dienone is 2. The van der Waals surface area contributed by atoms with E-state index in [1.54, 1.807) is 0 Å². The summed E-state index contributed by atoms with van der Waals surface area (Å²) < 4.78 is 18.1. The molecule has 0 aliphatic carbocycles. The minimum atomic E-state index is -0.849. The first kappa shape index (κ1) is 34.4. The van der Waals surface area contributed by atoms with Gasteiger partial charge in [0.05, 0.1) is 7.11 Å². The average Bonchev–Trinajstić information content (AvgIpc) is 2.96. The van der Waals surface area contributed by atoms with Gasteiger partial charge in [0.15, 0.2) is 5.78 Å². The van der Waals surface area contributed by atoms with Crippen LogP contribution in [0.15, 0.2) is 42.5 Å². The van der Waals surface area contributed by atoms with Crippen molar-refractivity contribution in [3.05, 3.63) is 70.3 Å². The molecule has 5 heteroatoms. The molecule has 4 atom stereocenters. The number of esters is 1. The number of carbonyl (C=O) groups excluding carboxylic acids is 2. The van der Waals surface area contributed by atoms with E-state index in [2.05, 4.69) is 59.8 Å². The quantitative estimate of drug-likeness (QED) is 0.118. The molecule has 2 aromatic carbocycles. The summed E-state index contributed by atoms with van der Waals surface area (Å²) in [5.74, 6) is 1.34. The third-order valence-corrected chi connectivity index (χ3v) is 9.12. The fourth-order valence-corrected chi connectivity index (χ4v) is 6.23. The van der Waals surface area contributed by atoms with Gasteiger partial charge in [0.2, 0.25) is 0 Å². The van der Waals surface area contributed by atoms with Gasteiger partial charge in [-0.25, -0.2) is 0 Å². The minimum Gasteiger partial charge on any atom is -0.488 e. The number of fused-ring (bicyclic) bond motifs is 1. The van der Waals surface area contributed by atoms with Gasteiger partial charge in [-0.1, -0.05) is 89.4 Å². The van der Waals surface area contributed by atoms with Gasteiger partial charge >= 0.3 is 5.97 Å². The highest BCUT2D eigenvalue weighted by molar-refractivity contribution is 6.00. The van der Waals surface area contributed by atoms with Crippen LogP contribution in [0, 0.1) is 44.4 Å². The number of carbonyl (C=O) groups is 2. The lowest BCUT2D eigenvalue weighted by Gasteiger charge is -2.38. The van der Waals surface area contributed by atoms with Crippen molar-refractivity contribution < 1.29 is 23.8 Å². The second-order valence-corrected chi connectivity index (χ2v) is 13.4. The standard InChI is InChI=1S/C38H54O5/c1-25(2)15-13-16-26(3)17-14-18-27(4)34(37(40)41-9)33(39)23-38(8)22-21-32-30(7)35(28(5)29(6)36(32)43-38)42-24-31-19-11-10-12-20-31/h10-12,14,18-20,25-27,34H,13,15-17,21-24H2,1-9H3/t26-,27?,34?,38?/m1/s1. The van der Waals surface area contributed by atoms with E-state index < -0.39 is 17.5 Å². The van der Waals surface area contributed by atoms with Gasteiger partial charge in [-0.15, -0.1) is 0 Å². The molecule has 0 bridgehead atoms. The van der Waals surface area contributed by atoms with Crippen molar-refractivity contribution >= 4 is 11.8 Å². The van der Waals surface area contributed by atoms with E-state index in [1.165, 1.54) is 26.4 Å². The smallest absolute Gasteiger partial charge is 0.316 e. The number of hydrogen-bond acceptors (Lipinski definition) is 5. The molecule has 3 unspecified atom stereocenters. The number of Topliss-reactive ketones (excluding diaryl/α,β-unsaturated/α-hetero) is 1. The van der Waals surface area contributed by atoms with E-state index in [9.17, 15) is 9.59 Å². The molecule has 0 N–H and O–H groups in total. The van der Waals surface area contributed by atoms with Crippen LogP contribution < -0.4 is 9.47 Å². The van der Waals surface area contributed by atoms with Crippen LogP contribution in [0.3, 0.4) is 0 Å². The van der Waals surface area contributed by atoms with Crippen molar-refractivity contribution in [3.63, 3.8) is 0 Å². The fraction of sp³-hybridized carbons (Fsp3) is 0.579. The van der Waals surface area contributed by atoms with E-state index in [1.807, 2.05) is 38.1 Å². The maximum absolute atomic E-state index is 13.7. The Labute approximate surface area is 260 Å². The highest BCUT2D eigenvalue weighted by Crippen LogP contribution is 2.45. The summed E-state index contributed by atoms with van der Waals surface area (Å²) in [4.78, 5) is 26.6. The van der Waals surface area contributed by atoms with Crippen molar-refractivity contribution in [1.82, 2.24) is 0 Å². The molecule has 0 radical (unpaired) electrons. The molecule has 0 amide bonds. The van der Waals surface area contributed by atoms with Crippen LogP contribution in [0.2, 0.25) is 0 Å². The summed E-state index contributed by atoms with van der Waals surface area (Å²) in [6.45, 7) is 17.4. The summed E-state index contributed by atoms with van der Waals surface area (Å²) in [7, 11) is 1.36. The average molecular weight is 591 g/mol. The normalized spacial score (nSPS) is 18.6. The van der Waals surface area contributed by atoms with Crippen LogP contribution in [0.5, 0.6) is 11.5 Å². The highest BCUT2D eigenvalue weighted by Gasteiger charge is 2.41. The number of rotatable bonds is 15. The zero-order chi connectivity index (χ0) is 31.7. The molecule has 236 valence electrons. The zero-order valence-corrected chi connectivity index (χ0v) is 28.0. The summed E-state index contributed by atoms with van der Waals surface area (Å²) in [5.41, 5.74) is 4.73. The molecule has 1 heterocycles. The molecular weight excluding hydrogens is 536 g/mol. The number of ether oxygens (including phenoxy) is 3. The van der Waals surface area contributed by atoms with Crippen molar-refractivity contribution in [2.24, 2.45) is 23.7 Å². The molecule has 0 fully saturated rings. The largest absolute Gasteiger partial charge is 0.488 e. The zero-order valence-electron chi connectivity index (χ0n) is 28.0. The first-order chi connectivity index (χ1) is 20.4. The number of benzene rings is 2. The molecule has 1 aliphatic heterocycles. The second kappa shape index (κ2) is 15.6. The molecule has 2 aromatic rings. The van der Waals surface area contributed by atoms with Crippen LogP contribution in [-0.4, -0.2) is 24.5 Å². The third kappa shape index (κ3) is 9.20. The Kier molecular flexibility index (Phi) is 12.5. The molecule has 3 rings (SSSR count). The van der Waals surface area contributed by atoms with Crippen molar-refractivity contribution in [3.8, 4) is 11.5 Å². The Balaban J connectivity index is 1.71. The van der Waals surface area contributed by atoms with Gasteiger partial charge in [0.25, 0.3) is 0 Å². The molecule has 0 saturated carbocycles. The topological polar surface area (TPSA) is 61.8 Å². The Morgan fingerprint density at radius 3 is 2.35 bits per heavy atom. The summed E-state index contributed by atoms with van der Waals surface area (Å²) in [6, 6.07) is 10.2. The first-order valence-electron chi connectivity index (χ1n) is 16.1. The van der Waals surface area contributed by atoms with E-state index in [0.29, 0.717) is 18.9 Å². The molecule has 43 heavy (non-hydrogen) atoms. The summed E-state index contributed by atoms with van der Waals surface area (Å²) in [6.07, 6.45) is 10.4. The van der Waals surface area contributed by atoms with Crippen LogP contribution in [0.25, 0.3) is 0 Å². The van der Waals surface area contributed by atoms with Gasteiger partial charge in [0, 0.05) is 12.0 Å². The van der Waals surface area contributed by atoms with Gasteiger partial charge in [-0.05, 0) is 87.0 Å². The summed E-state index contributed by atoms with van der Waals surface area (Å²) in [5, 5.41) is 0. The fourth-order valence-electron chi connectivity index (χ4n) is 6.23. The van der Waals surface area contributed by atoms with Crippen LogP contribution in [0.1, 0.15) is 101 Å². The Morgan fingerprint density at radius 2 is 1.70 bits per heavy atom. The maximum Gasteiger partial charge on any atom is 0.316 e.